The Labute approximate surface area is 122 Å². The van der Waals surface area contributed by atoms with Crippen LogP contribution < -0.4 is 0 Å². The second-order valence-corrected chi connectivity index (χ2v) is 8.18. The number of aromatic carboxylic acids is 1. The number of carboxylic acid groups (broad SMARTS) is 1. The predicted molar refractivity (Wildman–Crippen MR) is 77.7 cm³/mol. The molecule has 0 spiro atoms. The molecule has 2 rings (SSSR count). The minimum atomic E-state index is -3.60. The van der Waals surface area contributed by atoms with E-state index in [1.807, 2.05) is 6.92 Å². The highest BCUT2D eigenvalue weighted by Crippen LogP contribution is 2.25. The smallest absolute Gasteiger partial charge is 0.352 e. The monoisotopic (exact) mass is 318 g/mol. The van der Waals surface area contributed by atoms with Gasteiger partial charge in [0.2, 0.25) is 10.0 Å². The lowest BCUT2D eigenvalue weighted by molar-refractivity contribution is 0.0685. The molecule has 0 radical (unpaired) electrons. The van der Waals surface area contributed by atoms with Gasteiger partial charge in [-0.2, -0.15) is 16.1 Å². The minimum absolute atomic E-state index is 0.00510. The van der Waals surface area contributed by atoms with Crippen LogP contribution in [-0.4, -0.2) is 52.5 Å². The molecule has 1 fully saturated rings. The van der Waals surface area contributed by atoms with Crippen molar-refractivity contribution in [2.24, 2.45) is 0 Å². The zero-order chi connectivity index (χ0) is 14.9. The molecule has 0 bridgehead atoms. The number of carboxylic acids is 1. The summed E-state index contributed by atoms with van der Waals surface area (Å²) in [6.07, 6.45) is 1.41. The quantitative estimate of drug-likeness (QED) is 0.906. The average Bonchev–Trinajstić information content (AvgIpc) is 2.83. The van der Waals surface area contributed by atoms with E-state index >= 15 is 0 Å². The van der Waals surface area contributed by atoms with Gasteiger partial charge in [-0.05, 0) is 13.0 Å². The van der Waals surface area contributed by atoms with Gasteiger partial charge in [0.05, 0.1) is 0 Å². The maximum absolute atomic E-state index is 12.5. The molecule has 1 atom stereocenters. The van der Waals surface area contributed by atoms with Crippen LogP contribution in [0.1, 0.15) is 24.3 Å². The third-order valence-corrected chi connectivity index (χ3v) is 6.24. The van der Waals surface area contributed by atoms with Crippen LogP contribution in [0.15, 0.2) is 17.2 Å². The van der Waals surface area contributed by atoms with Crippen molar-refractivity contribution in [1.82, 2.24) is 8.87 Å². The van der Waals surface area contributed by atoms with E-state index < -0.39 is 16.0 Å². The van der Waals surface area contributed by atoms with Gasteiger partial charge in [-0.25, -0.2) is 13.2 Å². The molecule has 1 aliphatic rings. The van der Waals surface area contributed by atoms with Crippen molar-refractivity contribution in [3.05, 3.63) is 18.0 Å². The van der Waals surface area contributed by atoms with Crippen molar-refractivity contribution in [2.45, 2.75) is 30.5 Å². The molecule has 1 N–H and O–H groups in total. The van der Waals surface area contributed by atoms with Gasteiger partial charge in [0, 0.05) is 36.8 Å². The number of hydrogen-bond donors (Lipinski definition) is 1. The second-order valence-electron chi connectivity index (χ2n) is 4.70. The molecule has 6 nitrogen and oxygen atoms in total. The van der Waals surface area contributed by atoms with E-state index in [2.05, 4.69) is 0 Å². The Morgan fingerprint density at radius 3 is 2.75 bits per heavy atom. The number of nitrogens with zero attached hydrogens (tertiary/aromatic N) is 2. The van der Waals surface area contributed by atoms with Crippen molar-refractivity contribution in [1.29, 1.82) is 0 Å². The van der Waals surface area contributed by atoms with E-state index in [0.717, 1.165) is 5.75 Å². The summed E-state index contributed by atoms with van der Waals surface area (Å²) < 4.78 is 28.0. The predicted octanol–water partition coefficient (Wildman–Crippen LogP) is 1.33. The van der Waals surface area contributed by atoms with Crippen molar-refractivity contribution in [3.8, 4) is 0 Å². The summed E-state index contributed by atoms with van der Waals surface area (Å²) in [5.41, 5.74) is 0.00510. The molecule has 2 heterocycles. The zero-order valence-corrected chi connectivity index (χ0v) is 13.1. The van der Waals surface area contributed by atoms with Crippen LogP contribution in [0, 0.1) is 0 Å². The molecule has 20 heavy (non-hydrogen) atoms. The SMILES string of the molecule is CCn1cc(S(=O)(=O)N2CCSC(C)C2)cc1C(=O)O. The maximum atomic E-state index is 12.5. The molecule has 1 aromatic heterocycles. The van der Waals surface area contributed by atoms with Gasteiger partial charge in [-0.3, -0.25) is 0 Å². The van der Waals surface area contributed by atoms with Gasteiger partial charge in [0.15, 0.2) is 0 Å². The Bertz CT molecular complexity index is 609. The first-order valence-corrected chi connectivity index (χ1v) is 8.90. The number of hydrogen-bond acceptors (Lipinski definition) is 4. The molecule has 8 heteroatoms. The Morgan fingerprint density at radius 2 is 2.25 bits per heavy atom. The molecule has 1 aliphatic heterocycles. The summed E-state index contributed by atoms with van der Waals surface area (Å²) in [5, 5.41) is 9.35. The van der Waals surface area contributed by atoms with Crippen molar-refractivity contribution in [2.75, 3.05) is 18.8 Å². The first-order chi connectivity index (χ1) is 9.36. The fourth-order valence-corrected chi connectivity index (χ4v) is 5.01. The number of rotatable bonds is 4. The van der Waals surface area contributed by atoms with Gasteiger partial charge in [-0.1, -0.05) is 6.92 Å². The summed E-state index contributed by atoms with van der Waals surface area (Å²) >= 11 is 1.75. The van der Waals surface area contributed by atoms with E-state index in [0.29, 0.717) is 19.6 Å². The molecule has 0 aromatic carbocycles. The van der Waals surface area contributed by atoms with E-state index in [9.17, 15) is 13.2 Å². The molecular formula is C12H18N2O4S2. The lowest BCUT2D eigenvalue weighted by atomic mass is 10.4. The summed E-state index contributed by atoms with van der Waals surface area (Å²) in [4.78, 5) is 11.2. The lowest BCUT2D eigenvalue weighted by Gasteiger charge is -2.29. The molecule has 0 aliphatic carbocycles. The highest BCUT2D eigenvalue weighted by molar-refractivity contribution is 8.00. The van der Waals surface area contributed by atoms with Gasteiger partial charge in [-0.15, -0.1) is 0 Å². The van der Waals surface area contributed by atoms with Crippen molar-refractivity contribution >= 4 is 27.8 Å². The summed E-state index contributed by atoms with van der Waals surface area (Å²) in [5.74, 6) is -0.350. The van der Waals surface area contributed by atoms with Crippen molar-refractivity contribution < 1.29 is 18.3 Å². The van der Waals surface area contributed by atoms with Crippen LogP contribution in [0.2, 0.25) is 0 Å². The number of thioether (sulfide) groups is 1. The minimum Gasteiger partial charge on any atom is -0.477 e. The Kier molecular flexibility index (Phi) is 4.46. The average molecular weight is 318 g/mol. The number of sulfonamides is 1. The topological polar surface area (TPSA) is 79.6 Å². The van der Waals surface area contributed by atoms with E-state index in [1.54, 1.807) is 18.7 Å². The van der Waals surface area contributed by atoms with E-state index in [-0.39, 0.29) is 15.8 Å². The third kappa shape index (κ3) is 2.87. The Morgan fingerprint density at radius 1 is 1.55 bits per heavy atom. The highest BCUT2D eigenvalue weighted by Gasteiger charge is 2.30. The fourth-order valence-electron chi connectivity index (χ4n) is 2.22. The number of carbonyl (C=O) groups is 1. The van der Waals surface area contributed by atoms with Crippen LogP contribution in [0.25, 0.3) is 0 Å². The first kappa shape index (κ1) is 15.4. The van der Waals surface area contributed by atoms with E-state index in [1.165, 1.54) is 21.1 Å². The van der Waals surface area contributed by atoms with E-state index in [4.69, 9.17) is 5.11 Å². The molecule has 0 saturated carbocycles. The van der Waals surface area contributed by atoms with Crippen LogP contribution >= 0.6 is 11.8 Å². The standard InChI is InChI=1S/C12H18N2O4S2/c1-3-13-8-10(6-11(13)12(15)16)20(17,18)14-4-5-19-9(2)7-14/h6,8-9H,3-5,7H2,1-2H3,(H,15,16). The van der Waals surface area contributed by atoms with Crippen LogP contribution in [-0.2, 0) is 16.6 Å². The second kappa shape index (κ2) is 5.79. The summed E-state index contributed by atoms with van der Waals surface area (Å²) in [6.45, 7) is 5.13. The van der Waals surface area contributed by atoms with Crippen LogP contribution in [0.4, 0.5) is 0 Å². The lowest BCUT2D eigenvalue weighted by Crippen LogP contribution is -2.40. The van der Waals surface area contributed by atoms with Gasteiger partial charge < -0.3 is 9.67 Å². The largest absolute Gasteiger partial charge is 0.477 e. The van der Waals surface area contributed by atoms with Crippen LogP contribution in [0.5, 0.6) is 0 Å². The molecular weight excluding hydrogens is 300 g/mol. The number of aryl methyl sites for hydroxylation is 1. The third-order valence-electron chi connectivity index (χ3n) is 3.27. The highest BCUT2D eigenvalue weighted by atomic mass is 32.2. The fraction of sp³-hybridized carbons (Fsp3) is 0.583. The summed E-state index contributed by atoms with van der Waals surface area (Å²) in [7, 11) is -3.60. The molecule has 1 unspecified atom stereocenters. The molecule has 112 valence electrons. The molecule has 1 aromatic rings. The maximum Gasteiger partial charge on any atom is 0.352 e. The van der Waals surface area contributed by atoms with Gasteiger partial charge in [0.1, 0.15) is 10.6 Å². The van der Waals surface area contributed by atoms with Crippen LogP contribution in [0.3, 0.4) is 0 Å². The molecule has 0 amide bonds. The summed E-state index contributed by atoms with van der Waals surface area (Å²) in [6, 6.07) is 1.24. The normalized spacial score (nSPS) is 21.0. The zero-order valence-electron chi connectivity index (χ0n) is 11.4. The first-order valence-electron chi connectivity index (χ1n) is 6.41. The van der Waals surface area contributed by atoms with Gasteiger partial charge >= 0.3 is 5.97 Å². The molecule has 1 saturated heterocycles. The van der Waals surface area contributed by atoms with Crippen molar-refractivity contribution in [3.63, 3.8) is 0 Å². The Hall–Kier alpha value is -0.990. The number of aromatic nitrogens is 1. The Balaban J connectivity index is 2.36. The van der Waals surface area contributed by atoms with Gasteiger partial charge in [0.25, 0.3) is 0 Å².